The molecule has 4 heteroatoms. The number of amides is 1. The summed E-state index contributed by atoms with van der Waals surface area (Å²) < 4.78 is 5.22. The Morgan fingerprint density at radius 1 is 1.26 bits per heavy atom. The minimum absolute atomic E-state index is 0.324. The molecule has 0 saturated heterocycles. The summed E-state index contributed by atoms with van der Waals surface area (Å²) >= 11 is 0. The molecule has 1 aromatic rings. The summed E-state index contributed by atoms with van der Waals surface area (Å²) in [6, 6.07) is 9.00. The Balaban J connectivity index is 2.82. The number of hydrogen-bond acceptors (Lipinski definition) is 3. The lowest BCUT2D eigenvalue weighted by atomic mass is 9.96. The van der Waals surface area contributed by atoms with Crippen LogP contribution >= 0.6 is 0 Å². The first-order valence-corrected chi connectivity index (χ1v) is 6.33. The van der Waals surface area contributed by atoms with E-state index in [1.54, 1.807) is 27.7 Å². The van der Waals surface area contributed by atoms with E-state index in [-0.39, 0.29) is 12.0 Å². The Morgan fingerprint density at radius 3 is 2.32 bits per heavy atom. The molecule has 0 aliphatic rings. The fraction of sp³-hybridized carbons (Fsp3) is 0.467. The molecule has 0 radical (unpaired) electrons. The third-order valence-corrected chi connectivity index (χ3v) is 2.57. The minimum atomic E-state index is -0.560. The fourth-order valence-corrected chi connectivity index (χ4v) is 1.69. The zero-order valence-corrected chi connectivity index (χ0v) is 11.8. The molecule has 4 nitrogen and oxygen atoms in total. The van der Waals surface area contributed by atoms with Crippen LogP contribution < -0.4 is 5.32 Å². The smallest absolute Gasteiger partial charge is 0.408 e. The highest BCUT2D eigenvalue weighted by atomic mass is 16.6. The summed E-state index contributed by atoms with van der Waals surface area (Å²) in [7, 11) is 0. The molecule has 104 valence electrons. The van der Waals surface area contributed by atoms with Gasteiger partial charge in [-0.1, -0.05) is 37.3 Å². The number of carbonyl (C=O) groups excluding carboxylic acids is 2. The van der Waals surface area contributed by atoms with Crippen molar-refractivity contribution in [2.75, 3.05) is 0 Å². The standard InChI is InChI=1S/C15H21NO3/c1-11(10-17)13(12-8-6-5-7-9-12)16-14(18)19-15(2,3)4/h5-11,13H,1-4H3,(H,16,18)/t11-,13-/m0/s1. The first-order chi connectivity index (χ1) is 8.83. The van der Waals surface area contributed by atoms with Crippen LogP contribution in [0.2, 0.25) is 0 Å². The third-order valence-electron chi connectivity index (χ3n) is 2.57. The highest BCUT2D eigenvalue weighted by molar-refractivity contribution is 5.69. The zero-order chi connectivity index (χ0) is 14.5. The van der Waals surface area contributed by atoms with Crippen molar-refractivity contribution >= 4 is 12.4 Å². The van der Waals surface area contributed by atoms with Gasteiger partial charge in [-0.2, -0.15) is 0 Å². The lowest BCUT2D eigenvalue weighted by Gasteiger charge is -2.25. The van der Waals surface area contributed by atoms with Crippen molar-refractivity contribution in [3.05, 3.63) is 35.9 Å². The molecule has 0 saturated carbocycles. The predicted octanol–water partition coefficient (Wildman–Crippen LogP) is 3.09. The van der Waals surface area contributed by atoms with E-state index in [1.807, 2.05) is 30.3 Å². The second-order valence-electron chi connectivity index (χ2n) is 5.53. The highest BCUT2D eigenvalue weighted by Crippen LogP contribution is 2.21. The van der Waals surface area contributed by atoms with Crippen LogP contribution in [-0.2, 0) is 9.53 Å². The molecule has 2 atom stereocenters. The van der Waals surface area contributed by atoms with Gasteiger partial charge in [0, 0.05) is 5.92 Å². The molecular formula is C15H21NO3. The predicted molar refractivity (Wildman–Crippen MR) is 73.8 cm³/mol. The van der Waals surface area contributed by atoms with Gasteiger partial charge in [0.2, 0.25) is 0 Å². The molecule has 0 aliphatic heterocycles. The molecule has 0 fully saturated rings. The summed E-state index contributed by atoms with van der Waals surface area (Å²) in [4.78, 5) is 22.8. The largest absolute Gasteiger partial charge is 0.444 e. The second-order valence-corrected chi connectivity index (χ2v) is 5.53. The van der Waals surface area contributed by atoms with E-state index < -0.39 is 11.7 Å². The molecular weight excluding hydrogens is 242 g/mol. The normalized spacial score (nSPS) is 14.3. The molecule has 0 bridgehead atoms. The maximum atomic E-state index is 11.8. The van der Waals surface area contributed by atoms with Gasteiger partial charge < -0.3 is 14.8 Å². The van der Waals surface area contributed by atoms with Crippen LogP contribution in [0, 0.1) is 5.92 Å². The molecule has 0 spiro atoms. The summed E-state index contributed by atoms with van der Waals surface area (Å²) in [6.45, 7) is 7.16. The summed E-state index contributed by atoms with van der Waals surface area (Å²) in [5.74, 6) is -0.324. The Hall–Kier alpha value is -1.84. The van der Waals surface area contributed by atoms with Gasteiger partial charge in [0.1, 0.15) is 11.9 Å². The van der Waals surface area contributed by atoms with Crippen LogP contribution in [0.1, 0.15) is 39.3 Å². The van der Waals surface area contributed by atoms with Crippen molar-refractivity contribution in [2.24, 2.45) is 5.92 Å². The van der Waals surface area contributed by atoms with Crippen LogP contribution in [0.4, 0.5) is 4.79 Å². The van der Waals surface area contributed by atoms with Crippen LogP contribution in [0.5, 0.6) is 0 Å². The number of rotatable bonds is 4. The first kappa shape index (κ1) is 15.2. The zero-order valence-electron chi connectivity index (χ0n) is 11.8. The van der Waals surface area contributed by atoms with E-state index >= 15 is 0 Å². The van der Waals surface area contributed by atoms with Crippen molar-refractivity contribution < 1.29 is 14.3 Å². The van der Waals surface area contributed by atoms with Crippen LogP contribution in [-0.4, -0.2) is 18.0 Å². The fourth-order valence-electron chi connectivity index (χ4n) is 1.69. The van der Waals surface area contributed by atoms with Gasteiger partial charge in [0.05, 0.1) is 6.04 Å². The molecule has 19 heavy (non-hydrogen) atoms. The van der Waals surface area contributed by atoms with Crippen LogP contribution in [0.25, 0.3) is 0 Å². The van der Waals surface area contributed by atoms with E-state index in [4.69, 9.17) is 4.74 Å². The Bertz CT molecular complexity index is 423. The highest BCUT2D eigenvalue weighted by Gasteiger charge is 2.24. The van der Waals surface area contributed by atoms with E-state index in [1.165, 1.54) is 0 Å². The van der Waals surface area contributed by atoms with Gasteiger partial charge in [-0.15, -0.1) is 0 Å². The van der Waals surface area contributed by atoms with Crippen LogP contribution in [0.15, 0.2) is 30.3 Å². The molecule has 1 aromatic carbocycles. The Labute approximate surface area is 114 Å². The lowest BCUT2D eigenvalue weighted by molar-refractivity contribution is -0.111. The van der Waals surface area contributed by atoms with Gasteiger partial charge in [0.15, 0.2) is 0 Å². The SMILES string of the molecule is C[C@@H](C=O)[C@H](NC(=O)OC(C)(C)C)c1ccccc1. The topological polar surface area (TPSA) is 55.4 Å². The van der Waals surface area contributed by atoms with E-state index in [0.29, 0.717) is 0 Å². The van der Waals surface area contributed by atoms with Crippen molar-refractivity contribution in [1.82, 2.24) is 5.32 Å². The van der Waals surface area contributed by atoms with Crippen molar-refractivity contribution in [2.45, 2.75) is 39.3 Å². The van der Waals surface area contributed by atoms with E-state index in [2.05, 4.69) is 5.32 Å². The Kier molecular flexibility index (Phi) is 5.10. The van der Waals surface area contributed by atoms with Crippen LogP contribution in [0.3, 0.4) is 0 Å². The Morgan fingerprint density at radius 2 is 1.84 bits per heavy atom. The van der Waals surface area contributed by atoms with Crippen molar-refractivity contribution in [3.63, 3.8) is 0 Å². The number of nitrogens with one attached hydrogen (secondary N) is 1. The van der Waals surface area contributed by atoms with E-state index in [9.17, 15) is 9.59 Å². The number of ether oxygens (including phenoxy) is 1. The quantitative estimate of drug-likeness (QED) is 0.849. The maximum Gasteiger partial charge on any atom is 0.408 e. The minimum Gasteiger partial charge on any atom is -0.444 e. The van der Waals surface area contributed by atoms with Gasteiger partial charge in [-0.3, -0.25) is 0 Å². The molecule has 0 heterocycles. The number of hydrogen-bond donors (Lipinski definition) is 1. The van der Waals surface area contributed by atoms with E-state index in [0.717, 1.165) is 11.8 Å². The molecule has 1 N–H and O–H groups in total. The van der Waals surface area contributed by atoms with Gasteiger partial charge in [-0.25, -0.2) is 4.79 Å². The summed E-state index contributed by atoms with van der Waals surface area (Å²) in [5.41, 5.74) is 0.323. The average molecular weight is 263 g/mol. The van der Waals surface area contributed by atoms with Gasteiger partial charge in [0.25, 0.3) is 0 Å². The molecule has 1 rings (SSSR count). The number of alkyl carbamates (subject to hydrolysis) is 1. The molecule has 1 amide bonds. The number of aldehydes is 1. The summed E-state index contributed by atoms with van der Waals surface area (Å²) in [6.07, 6.45) is 0.310. The third kappa shape index (κ3) is 5.12. The first-order valence-electron chi connectivity index (χ1n) is 6.33. The summed E-state index contributed by atoms with van der Waals surface area (Å²) in [5, 5.41) is 2.75. The van der Waals surface area contributed by atoms with Gasteiger partial charge in [-0.05, 0) is 26.3 Å². The molecule has 0 aromatic heterocycles. The monoisotopic (exact) mass is 263 g/mol. The van der Waals surface area contributed by atoms with Crippen molar-refractivity contribution in [1.29, 1.82) is 0 Å². The van der Waals surface area contributed by atoms with Crippen molar-refractivity contribution in [3.8, 4) is 0 Å². The van der Waals surface area contributed by atoms with Gasteiger partial charge >= 0.3 is 6.09 Å². The molecule has 0 aliphatic carbocycles. The number of carbonyl (C=O) groups is 2. The molecule has 0 unspecified atom stereocenters. The lowest BCUT2D eigenvalue weighted by Crippen LogP contribution is -2.37. The maximum absolute atomic E-state index is 11.8. The second kappa shape index (κ2) is 6.36. The number of benzene rings is 1. The average Bonchev–Trinajstić information content (AvgIpc) is 2.34.